The highest BCUT2D eigenvalue weighted by Crippen LogP contribution is 2.30. The van der Waals surface area contributed by atoms with Crippen LogP contribution in [0.1, 0.15) is 28.4 Å². The highest BCUT2D eigenvalue weighted by atomic mass is 16.4. The number of para-hydroxylation sites is 1. The van der Waals surface area contributed by atoms with Crippen LogP contribution in [0.4, 0.5) is 0 Å². The molecule has 0 amide bonds. The minimum atomic E-state index is -1.15. The summed E-state index contributed by atoms with van der Waals surface area (Å²) in [6.07, 6.45) is 0.588. The molecule has 2 aromatic carbocycles. The maximum atomic E-state index is 11.7. The van der Waals surface area contributed by atoms with E-state index in [9.17, 15) is 9.90 Å². The molecule has 3 aromatic rings. The largest absolute Gasteiger partial charge is 0.545 e. The van der Waals surface area contributed by atoms with Crippen molar-refractivity contribution in [2.24, 2.45) is 0 Å². The predicted octanol–water partition coefficient (Wildman–Crippen LogP) is 3.14. The van der Waals surface area contributed by atoms with Crippen LogP contribution in [-0.2, 0) is 6.42 Å². The summed E-state index contributed by atoms with van der Waals surface area (Å²) in [6, 6.07) is 15.3. The summed E-state index contributed by atoms with van der Waals surface area (Å²) in [5.74, 6) is -1.15. The molecule has 0 aliphatic rings. The molecule has 0 aliphatic carbocycles. The Balaban J connectivity index is 2.39. The second-order valence-electron chi connectivity index (χ2n) is 5.34. The molecule has 3 heteroatoms. The van der Waals surface area contributed by atoms with Gasteiger partial charge in [0.2, 0.25) is 0 Å². The number of pyridine rings is 1. The molecule has 22 heavy (non-hydrogen) atoms. The first-order valence-corrected chi connectivity index (χ1v) is 7.31. The first-order valence-electron chi connectivity index (χ1n) is 7.31. The van der Waals surface area contributed by atoms with Crippen LogP contribution in [0.15, 0.2) is 48.5 Å². The third-order valence-electron chi connectivity index (χ3n) is 3.88. The molecule has 3 rings (SSSR count). The van der Waals surface area contributed by atoms with Crippen LogP contribution < -0.4 is 5.11 Å². The number of rotatable bonds is 3. The topological polar surface area (TPSA) is 53.0 Å². The Bertz CT molecular complexity index is 851. The molecule has 0 spiro atoms. The van der Waals surface area contributed by atoms with Crippen LogP contribution in [0.2, 0.25) is 0 Å². The molecular formula is C19H16NO2-. The summed E-state index contributed by atoms with van der Waals surface area (Å²) < 4.78 is 0. The summed E-state index contributed by atoms with van der Waals surface area (Å²) >= 11 is 0. The number of aromatic carboxylic acids is 1. The zero-order valence-corrected chi connectivity index (χ0v) is 12.6. The van der Waals surface area contributed by atoms with Crippen molar-refractivity contribution in [3.8, 4) is 11.3 Å². The average molecular weight is 290 g/mol. The molecule has 0 radical (unpaired) electrons. The molecule has 1 heterocycles. The SMILES string of the molecule is CCc1c(-c2ccc(C)cc2)nc2ccccc2c1C(=O)[O-]. The van der Waals surface area contributed by atoms with E-state index in [0.29, 0.717) is 17.3 Å². The molecule has 0 bridgehead atoms. The fourth-order valence-electron chi connectivity index (χ4n) is 2.78. The number of carboxylic acid groups (broad SMARTS) is 1. The second kappa shape index (κ2) is 5.60. The number of aryl methyl sites for hydroxylation is 1. The lowest BCUT2D eigenvalue weighted by Crippen LogP contribution is -2.24. The van der Waals surface area contributed by atoms with Crippen LogP contribution in [0, 0.1) is 6.92 Å². The molecule has 0 atom stereocenters. The normalized spacial score (nSPS) is 10.8. The van der Waals surface area contributed by atoms with Crippen molar-refractivity contribution >= 4 is 16.9 Å². The third-order valence-corrected chi connectivity index (χ3v) is 3.88. The molecule has 0 unspecified atom stereocenters. The number of nitrogens with zero attached hydrogens (tertiary/aromatic N) is 1. The van der Waals surface area contributed by atoms with Crippen molar-refractivity contribution in [1.29, 1.82) is 0 Å². The van der Waals surface area contributed by atoms with Gasteiger partial charge in [-0.3, -0.25) is 0 Å². The summed E-state index contributed by atoms with van der Waals surface area (Å²) in [5.41, 5.74) is 4.46. The number of carbonyl (C=O) groups is 1. The Morgan fingerprint density at radius 2 is 1.77 bits per heavy atom. The Labute approximate surface area is 129 Å². The number of hydrogen-bond donors (Lipinski definition) is 0. The van der Waals surface area contributed by atoms with Crippen LogP contribution >= 0.6 is 0 Å². The van der Waals surface area contributed by atoms with Gasteiger partial charge in [0, 0.05) is 16.5 Å². The van der Waals surface area contributed by atoms with Crippen LogP contribution in [0.25, 0.3) is 22.2 Å². The van der Waals surface area contributed by atoms with Crippen molar-refractivity contribution in [3.05, 3.63) is 65.2 Å². The number of carbonyl (C=O) groups excluding carboxylic acids is 1. The van der Waals surface area contributed by atoms with Crippen molar-refractivity contribution in [2.45, 2.75) is 20.3 Å². The van der Waals surface area contributed by atoms with E-state index in [1.54, 1.807) is 6.07 Å². The van der Waals surface area contributed by atoms with E-state index < -0.39 is 5.97 Å². The molecule has 1 aromatic heterocycles. The molecule has 0 fully saturated rings. The first kappa shape index (κ1) is 14.3. The average Bonchev–Trinajstić information content (AvgIpc) is 2.53. The van der Waals surface area contributed by atoms with E-state index in [1.807, 2.05) is 56.3 Å². The second-order valence-corrected chi connectivity index (χ2v) is 5.34. The van der Waals surface area contributed by atoms with E-state index in [2.05, 4.69) is 0 Å². The molecule has 3 nitrogen and oxygen atoms in total. The van der Waals surface area contributed by atoms with E-state index in [4.69, 9.17) is 4.98 Å². The van der Waals surface area contributed by atoms with Gasteiger partial charge in [0.25, 0.3) is 0 Å². The van der Waals surface area contributed by atoms with Crippen molar-refractivity contribution < 1.29 is 9.90 Å². The van der Waals surface area contributed by atoms with E-state index in [0.717, 1.165) is 22.4 Å². The minimum Gasteiger partial charge on any atom is -0.545 e. The molecular weight excluding hydrogens is 274 g/mol. The smallest absolute Gasteiger partial charge is 0.0748 e. The first-order chi connectivity index (χ1) is 10.6. The molecule has 0 saturated carbocycles. The Hall–Kier alpha value is -2.68. The summed E-state index contributed by atoms with van der Waals surface area (Å²) in [4.78, 5) is 16.4. The number of benzene rings is 2. The molecule has 0 N–H and O–H groups in total. The number of fused-ring (bicyclic) bond motifs is 1. The highest BCUT2D eigenvalue weighted by molar-refractivity contribution is 6.04. The maximum Gasteiger partial charge on any atom is 0.0748 e. The minimum absolute atomic E-state index is 0.253. The standard InChI is InChI=1S/C19H17NO2/c1-3-14-17(19(21)22)15-6-4-5-7-16(15)20-18(14)13-10-8-12(2)9-11-13/h4-11H,3H2,1-2H3,(H,21,22)/p-1. The zero-order valence-electron chi connectivity index (χ0n) is 12.6. The molecule has 110 valence electrons. The fraction of sp³-hybridized carbons (Fsp3) is 0.158. The zero-order chi connectivity index (χ0) is 15.7. The van der Waals surface area contributed by atoms with E-state index in [1.165, 1.54) is 0 Å². The quantitative estimate of drug-likeness (QED) is 0.744. The summed E-state index contributed by atoms with van der Waals surface area (Å²) in [6.45, 7) is 3.96. The van der Waals surface area contributed by atoms with Gasteiger partial charge >= 0.3 is 0 Å². The lowest BCUT2D eigenvalue weighted by molar-refractivity contribution is -0.254. The van der Waals surface area contributed by atoms with Gasteiger partial charge in [-0.15, -0.1) is 0 Å². The van der Waals surface area contributed by atoms with Crippen LogP contribution in [0.5, 0.6) is 0 Å². The molecule has 0 aliphatic heterocycles. The highest BCUT2D eigenvalue weighted by Gasteiger charge is 2.15. The van der Waals surface area contributed by atoms with Gasteiger partial charge < -0.3 is 9.90 Å². The van der Waals surface area contributed by atoms with Crippen molar-refractivity contribution in [3.63, 3.8) is 0 Å². The van der Waals surface area contributed by atoms with Gasteiger partial charge in [0.15, 0.2) is 0 Å². The van der Waals surface area contributed by atoms with E-state index >= 15 is 0 Å². The van der Waals surface area contributed by atoms with Crippen molar-refractivity contribution in [1.82, 2.24) is 4.98 Å². The Morgan fingerprint density at radius 3 is 2.41 bits per heavy atom. The van der Waals surface area contributed by atoms with Crippen LogP contribution in [-0.4, -0.2) is 11.0 Å². The van der Waals surface area contributed by atoms with Gasteiger partial charge in [-0.2, -0.15) is 0 Å². The predicted molar refractivity (Wildman–Crippen MR) is 85.6 cm³/mol. The summed E-state index contributed by atoms with van der Waals surface area (Å²) in [7, 11) is 0. The fourth-order valence-corrected chi connectivity index (χ4v) is 2.78. The third kappa shape index (κ3) is 2.35. The Morgan fingerprint density at radius 1 is 1.09 bits per heavy atom. The van der Waals surface area contributed by atoms with Gasteiger partial charge in [-0.25, -0.2) is 4.98 Å². The number of aromatic nitrogens is 1. The van der Waals surface area contributed by atoms with E-state index in [-0.39, 0.29) is 5.56 Å². The van der Waals surface area contributed by atoms with Gasteiger partial charge in [-0.05, 0) is 25.0 Å². The summed E-state index contributed by atoms with van der Waals surface area (Å²) in [5, 5.41) is 12.3. The lowest BCUT2D eigenvalue weighted by Gasteiger charge is -2.17. The lowest BCUT2D eigenvalue weighted by atomic mass is 9.95. The number of hydrogen-bond acceptors (Lipinski definition) is 3. The Kier molecular flexibility index (Phi) is 3.63. The monoisotopic (exact) mass is 290 g/mol. The van der Waals surface area contributed by atoms with Gasteiger partial charge in [0.05, 0.1) is 17.2 Å². The van der Waals surface area contributed by atoms with Gasteiger partial charge in [0.1, 0.15) is 0 Å². The molecule has 0 saturated heterocycles. The van der Waals surface area contributed by atoms with Gasteiger partial charge in [-0.1, -0.05) is 55.0 Å². The van der Waals surface area contributed by atoms with Crippen LogP contribution in [0.3, 0.4) is 0 Å². The van der Waals surface area contributed by atoms with Crippen molar-refractivity contribution in [2.75, 3.05) is 0 Å². The number of carboxylic acids is 1. The maximum absolute atomic E-state index is 11.7.